The average Bonchev–Trinajstić information content (AvgIpc) is 2.64. The topological polar surface area (TPSA) is 96.0 Å². The van der Waals surface area contributed by atoms with E-state index >= 15 is 0 Å². The van der Waals surface area contributed by atoms with Crippen molar-refractivity contribution in [2.75, 3.05) is 40.8 Å². The highest BCUT2D eigenvalue weighted by molar-refractivity contribution is 7.89. The molecule has 2 rings (SSSR count). The van der Waals surface area contributed by atoms with Crippen molar-refractivity contribution in [3.63, 3.8) is 0 Å². The fourth-order valence-electron chi connectivity index (χ4n) is 3.38. The summed E-state index contributed by atoms with van der Waals surface area (Å²) in [5.74, 6) is -0.0754. The monoisotopic (exact) mass is 411 g/mol. The lowest BCUT2D eigenvalue weighted by atomic mass is 9.94. The summed E-state index contributed by atoms with van der Waals surface area (Å²) in [4.78, 5) is 25.4. The molecule has 2 amide bonds. The lowest BCUT2D eigenvalue weighted by Gasteiger charge is -2.34. The molecule has 1 aliphatic heterocycles. The highest BCUT2D eigenvalue weighted by Gasteiger charge is 2.34. The van der Waals surface area contributed by atoms with Gasteiger partial charge in [-0.1, -0.05) is 13.8 Å². The van der Waals surface area contributed by atoms with Gasteiger partial charge in [-0.2, -0.15) is 4.31 Å². The van der Waals surface area contributed by atoms with Crippen LogP contribution in [0, 0.1) is 11.8 Å². The first kappa shape index (κ1) is 22.2. The molecule has 1 saturated heterocycles. The summed E-state index contributed by atoms with van der Waals surface area (Å²) in [6, 6.07) is 4.26. The standard InChI is InChI=1S/C19H29N3O5S/c1-13-8-14(2)12-22(11-13)28(25,26)17-9-15(6-7-16(17)27-5)19(24)20-10-18(23)21(3)4/h6-7,9,13-14H,8,10-12H2,1-5H3,(H,20,24). The van der Waals surface area contributed by atoms with Crippen LogP contribution in [0.3, 0.4) is 0 Å². The van der Waals surface area contributed by atoms with Gasteiger partial charge < -0.3 is 15.0 Å². The summed E-state index contributed by atoms with van der Waals surface area (Å²) in [7, 11) is 0.757. The second-order valence-electron chi connectivity index (χ2n) is 7.60. The third-order valence-corrected chi connectivity index (χ3v) is 6.63. The van der Waals surface area contributed by atoms with Gasteiger partial charge in [0.25, 0.3) is 5.91 Å². The molecule has 8 nitrogen and oxygen atoms in total. The van der Waals surface area contributed by atoms with Crippen molar-refractivity contribution in [2.45, 2.75) is 25.2 Å². The van der Waals surface area contributed by atoms with Gasteiger partial charge in [0, 0.05) is 32.7 Å². The van der Waals surface area contributed by atoms with Crippen LogP contribution < -0.4 is 10.1 Å². The van der Waals surface area contributed by atoms with Gasteiger partial charge in [-0.05, 0) is 36.5 Å². The van der Waals surface area contributed by atoms with Crippen molar-refractivity contribution in [2.24, 2.45) is 11.8 Å². The van der Waals surface area contributed by atoms with Gasteiger partial charge in [0.05, 0.1) is 13.7 Å². The number of hydrogen-bond acceptors (Lipinski definition) is 5. The summed E-state index contributed by atoms with van der Waals surface area (Å²) < 4.78 is 33.2. The molecule has 0 saturated carbocycles. The first-order chi connectivity index (χ1) is 13.1. The number of nitrogens with one attached hydrogen (secondary N) is 1. The molecular weight excluding hydrogens is 382 g/mol. The van der Waals surface area contributed by atoms with E-state index in [1.165, 1.54) is 34.5 Å². The van der Waals surface area contributed by atoms with E-state index in [9.17, 15) is 18.0 Å². The van der Waals surface area contributed by atoms with Gasteiger partial charge in [0.2, 0.25) is 15.9 Å². The molecule has 1 N–H and O–H groups in total. The maximum Gasteiger partial charge on any atom is 0.251 e. The molecule has 0 aromatic heterocycles. The molecule has 2 unspecified atom stereocenters. The van der Waals surface area contributed by atoms with Crippen LogP contribution in [0.25, 0.3) is 0 Å². The smallest absolute Gasteiger partial charge is 0.251 e. The number of ether oxygens (including phenoxy) is 1. The molecule has 1 fully saturated rings. The van der Waals surface area contributed by atoms with Crippen molar-refractivity contribution in [1.29, 1.82) is 0 Å². The number of carbonyl (C=O) groups is 2. The number of sulfonamides is 1. The zero-order chi connectivity index (χ0) is 21.1. The van der Waals surface area contributed by atoms with Crippen LogP contribution in [-0.2, 0) is 14.8 Å². The van der Waals surface area contributed by atoms with Gasteiger partial charge in [-0.15, -0.1) is 0 Å². The van der Waals surface area contributed by atoms with Crippen LogP contribution in [-0.4, -0.2) is 70.3 Å². The number of amides is 2. The Hall–Kier alpha value is -2.13. The van der Waals surface area contributed by atoms with Gasteiger partial charge in [0.1, 0.15) is 10.6 Å². The number of likely N-dealkylation sites (N-methyl/N-ethyl adjacent to an activating group) is 1. The van der Waals surface area contributed by atoms with Crippen molar-refractivity contribution in [3.05, 3.63) is 23.8 Å². The lowest BCUT2D eigenvalue weighted by Crippen LogP contribution is -2.42. The van der Waals surface area contributed by atoms with Gasteiger partial charge in [-0.3, -0.25) is 9.59 Å². The first-order valence-corrected chi connectivity index (χ1v) is 10.7. The Bertz CT molecular complexity index is 828. The highest BCUT2D eigenvalue weighted by atomic mass is 32.2. The number of hydrogen-bond donors (Lipinski definition) is 1. The fraction of sp³-hybridized carbons (Fsp3) is 0.579. The molecule has 1 aromatic rings. The largest absolute Gasteiger partial charge is 0.495 e. The molecule has 0 aliphatic carbocycles. The van der Waals surface area contributed by atoms with E-state index in [0.29, 0.717) is 13.1 Å². The molecule has 9 heteroatoms. The summed E-state index contributed by atoms with van der Waals surface area (Å²) in [6.45, 7) is 4.76. The van der Waals surface area contributed by atoms with Crippen molar-refractivity contribution in [1.82, 2.24) is 14.5 Å². The SMILES string of the molecule is COc1ccc(C(=O)NCC(=O)N(C)C)cc1S(=O)(=O)N1CC(C)CC(C)C1. The summed E-state index contributed by atoms with van der Waals surface area (Å²) in [5, 5.41) is 2.51. The molecule has 0 radical (unpaired) electrons. The molecular formula is C19H29N3O5S. The second-order valence-corrected chi connectivity index (χ2v) is 9.51. The molecule has 1 heterocycles. The van der Waals surface area contributed by atoms with E-state index in [1.807, 2.05) is 13.8 Å². The maximum atomic E-state index is 13.2. The molecule has 156 valence electrons. The molecule has 1 aromatic carbocycles. The van der Waals surface area contributed by atoms with Crippen molar-refractivity contribution < 1.29 is 22.7 Å². The minimum absolute atomic E-state index is 0.0390. The summed E-state index contributed by atoms with van der Waals surface area (Å²) in [5.41, 5.74) is 0.157. The zero-order valence-electron chi connectivity index (χ0n) is 17.1. The maximum absolute atomic E-state index is 13.2. The van der Waals surface area contributed by atoms with E-state index in [2.05, 4.69) is 5.32 Å². The molecule has 28 heavy (non-hydrogen) atoms. The van der Waals surface area contributed by atoms with Gasteiger partial charge >= 0.3 is 0 Å². The molecule has 2 atom stereocenters. The Morgan fingerprint density at radius 2 is 1.82 bits per heavy atom. The average molecular weight is 412 g/mol. The number of methoxy groups -OCH3 is 1. The summed E-state index contributed by atoms with van der Waals surface area (Å²) in [6.07, 6.45) is 0.978. The second kappa shape index (κ2) is 8.91. The predicted octanol–water partition coefficient (Wildman–Crippen LogP) is 1.18. The Morgan fingerprint density at radius 3 is 2.36 bits per heavy atom. The Kier molecular flexibility index (Phi) is 7.06. The van der Waals surface area contributed by atoms with Crippen LogP contribution >= 0.6 is 0 Å². The zero-order valence-corrected chi connectivity index (χ0v) is 17.9. The predicted molar refractivity (Wildman–Crippen MR) is 106 cm³/mol. The van der Waals surface area contributed by atoms with E-state index in [-0.39, 0.29) is 40.5 Å². The molecule has 0 bridgehead atoms. The lowest BCUT2D eigenvalue weighted by molar-refractivity contribution is -0.127. The Morgan fingerprint density at radius 1 is 1.21 bits per heavy atom. The minimum Gasteiger partial charge on any atom is -0.495 e. The van der Waals surface area contributed by atoms with E-state index in [0.717, 1.165) is 6.42 Å². The number of carbonyl (C=O) groups excluding carboxylic acids is 2. The van der Waals surface area contributed by atoms with Crippen LogP contribution in [0.2, 0.25) is 0 Å². The first-order valence-electron chi connectivity index (χ1n) is 9.22. The van der Waals surface area contributed by atoms with Crippen molar-refractivity contribution >= 4 is 21.8 Å². The highest BCUT2D eigenvalue weighted by Crippen LogP contribution is 2.32. The molecule has 1 aliphatic rings. The van der Waals surface area contributed by atoms with Crippen molar-refractivity contribution in [3.8, 4) is 5.75 Å². The van der Waals surface area contributed by atoms with Crippen LogP contribution in [0.5, 0.6) is 5.75 Å². The van der Waals surface area contributed by atoms with Crippen LogP contribution in [0.1, 0.15) is 30.6 Å². The van der Waals surface area contributed by atoms with E-state index in [1.54, 1.807) is 14.1 Å². The Labute approximate surface area is 166 Å². The normalized spacial score (nSPS) is 20.5. The number of nitrogens with zero attached hydrogens (tertiary/aromatic N) is 2. The van der Waals surface area contributed by atoms with Crippen LogP contribution in [0.15, 0.2) is 23.1 Å². The van der Waals surface area contributed by atoms with Crippen LogP contribution in [0.4, 0.5) is 0 Å². The summed E-state index contributed by atoms with van der Waals surface area (Å²) >= 11 is 0. The Balaban J connectivity index is 2.31. The molecule has 0 spiro atoms. The van der Waals surface area contributed by atoms with E-state index in [4.69, 9.17) is 4.74 Å². The number of rotatable bonds is 6. The van der Waals surface area contributed by atoms with Gasteiger partial charge in [-0.25, -0.2) is 8.42 Å². The minimum atomic E-state index is -3.82. The van der Waals surface area contributed by atoms with E-state index < -0.39 is 15.9 Å². The quantitative estimate of drug-likeness (QED) is 0.758. The fourth-order valence-corrected chi connectivity index (χ4v) is 5.24. The number of benzene rings is 1. The number of piperidine rings is 1. The third-order valence-electron chi connectivity index (χ3n) is 4.78. The third kappa shape index (κ3) is 5.02. The van der Waals surface area contributed by atoms with Gasteiger partial charge in [0.15, 0.2) is 0 Å².